The lowest BCUT2D eigenvalue weighted by Gasteiger charge is -2.18. The highest BCUT2D eigenvalue weighted by molar-refractivity contribution is 6.24. The maximum absolute atomic E-state index is 13.6. The molecule has 3 aromatic rings. The van der Waals surface area contributed by atoms with Crippen molar-refractivity contribution in [3.63, 3.8) is 0 Å². The molecule has 0 saturated carbocycles. The molecule has 0 aliphatic carbocycles. The summed E-state index contributed by atoms with van der Waals surface area (Å²) < 4.78 is 57.5. The second-order valence-corrected chi connectivity index (χ2v) is 7.78. The Kier molecular flexibility index (Phi) is 7.97. The molecule has 0 aliphatic rings. The molecule has 2 aromatic carbocycles. The zero-order valence-electron chi connectivity index (χ0n) is 19.1. The summed E-state index contributed by atoms with van der Waals surface area (Å²) >= 11 is 0. The van der Waals surface area contributed by atoms with Crippen molar-refractivity contribution in [2.45, 2.75) is 26.4 Å². The van der Waals surface area contributed by atoms with Gasteiger partial charge in [0.15, 0.2) is 5.92 Å². The molecule has 2 amide bonds. The summed E-state index contributed by atoms with van der Waals surface area (Å²) in [6, 6.07) is 8.77. The van der Waals surface area contributed by atoms with Crippen LogP contribution in [0.25, 0.3) is 11.1 Å². The molecule has 8 nitrogen and oxygen atoms in total. The van der Waals surface area contributed by atoms with Crippen LogP contribution in [-0.2, 0) is 15.5 Å². The molecule has 0 saturated heterocycles. The average molecular weight is 503 g/mol. The molecule has 0 radical (unpaired) electrons. The summed E-state index contributed by atoms with van der Waals surface area (Å²) in [5.41, 5.74) is -0.0224. The van der Waals surface area contributed by atoms with Crippen molar-refractivity contribution in [2.75, 3.05) is 10.6 Å². The van der Waals surface area contributed by atoms with E-state index >= 15 is 0 Å². The van der Waals surface area contributed by atoms with E-state index in [1.807, 2.05) is 0 Å². The van der Waals surface area contributed by atoms with E-state index in [9.17, 15) is 27.2 Å². The van der Waals surface area contributed by atoms with Gasteiger partial charge < -0.3 is 20.8 Å². The number of hydrogen-bond acceptors (Lipinski definition) is 6. The number of hydrogen-bond donors (Lipinski definition) is 3. The molecule has 1 aromatic heterocycles. The molecule has 0 spiro atoms. The summed E-state index contributed by atoms with van der Waals surface area (Å²) in [5.74, 6) is -6.74. The topological polar surface area (TPSA) is 117 Å². The monoisotopic (exact) mass is 503 g/mol. The third-order valence-electron chi connectivity index (χ3n) is 4.93. The predicted molar refractivity (Wildman–Crippen MR) is 124 cm³/mol. The second-order valence-electron chi connectivity index (χ2n) is 7.78. The lowest BCUT2D eigenvalue weighted by Crippen LogP contribution is -2.38. The Morgan fingerprint density at radius 3 is 2.17 bits per heavy atom. The van der Waals surface area contributed by atoms with Gasteiger partial charge in [-0.1, -0.05) is 12.1 Å². The van der Waals surface area contributed by atoms with Crippen LogP contribution in [-0.4, -0.2) is 34.1 Å². The Morgan fingerprint density at radius 1 is 1.00 bits per heavy atom. The smallest absolute Gasteiger partial charge is 0.387 e. The number of carbonyl (C=O) groups is 2. The van der Waals surface area contributed by atoms with Crippen LogP contribution in [0, 0.1) is 11.3 Å². The van der Waals surface area contributed by atoms with E-state index in [0.29, 0.717) is 12.5 Å². The fourth-order valence-electron chi connectivity index (χ4n) is 3.28. The Balaban J connectivity index is 1.84. The summed E-state index contributed by atoms with van der Waals surface area (Å²) in [6.07, 6.45) is 3.96. The maximum Gasteiger partial charge on any atom is 0.387 e. The predicted octanol–water partition coefficient (Wildman–Crippen LogP) is 5.09. The van der Waals surface area contributed by atoms with Gasteiger partial charge in [-0.2, -0.15) is 8.78 Å². The molecule has 1 atom stereocenters. The van der Waals surface area contributed by atoms with E-state index < -0.39 is 30.3 Å². The molecular weight excluding hydrogens is 482 g/mol. The van der Waals surface area contributed by atoms with E-state index in [-0.39, 0.29) is 34.0 Å². The maximum atomic E-state index is 13.6. The van der Waals surface area contributed by atoms with Gasteiger partial charge in [-0.3, -0.25) is 9.59 Å². The number of nitrogens with zero attached hydrogens (tertiary/aromatic N) is 2. The van der Waals surface area contributed by atoms with Crippen molar-refractivity contribution >= 4 is 28.9 Å². The Morgan fingerprint density at radius 2 is 1.61 bits per heavy atom. The van der Waals surface area contributed by atoms with E-state index in [0.717, 1.165) is 6.07 Å². The van der Waals surface area contributed by atoms with E-state index in [1.165, 1.54) is 62.0 Å². The third-order valence-corrected chi connectivity index (χ3v) is 4.93. The highest BCUT2D eigenvalue weighted by Crippen LogP contribution is 2.33. The molecule has 3 rings (SSSR count). The minimum atomic E-state index is -3.14. The molecule has 0 aliphatic heterocycles. The molecule has 1 heterocycles. The summed E-state index contributed by atoms with van der Waals surface area (Å²) in [5, 5.41) is 12.8. The number of aromatic nitrogens is 2. The lowest BCUT2D eigenvalue weighted by molar-refractivity contribution is -0.126. The standard InChI is InChI=1S/C24H21F4N5O3/c1-13(29)20(21(34)32-16-5-3-4-15(8-16)24(2,27)28)22(35)33-17-6-7-19(36-23(25)26)18(9-17)14-10-30-12-31-11-14/h3-12,20,23,29H,1-2H3,(H,32,34)(H,33,35). The average Bonchev–Trinajstić information content (AvgIpc) is 2.79. The fraction of sp³-hybridized carbons (Fsp3) is 0.208. The molecule has 1 unspecified atom stereocenters. The summed E-state index contributed by atoms with van der Waals surface area (Å²) in [6.45, 7) is -1.15. The minimum Gasteiger partial charge on any atom is -0.434 e. The van der Waals surface area contributed by atoms with Crippen molar-refractivity contribution in [1.82, 2.24) is 9.97 Å². The van der Waals surface area contributed by atoms with Crippen molar-refractivity contribution < 1.29 is 31.9 Å². The van der Waals surface area contributed by atoms with Gasteiger partial charge in [0.2, 0.25) is 11.8 Å². The fourth-order valence-corrected chi connectivity index (χ4v) is 3.28. The van der Waals surface area contributed by atoms with E-state index in [2.05, 4.69) is 25.3 Å². The van der Waals surface area contributed by atoms with E-state index in [4.69, 9.17) is 5.41 Å². The van der Waals surface area contributed by atoms with Crippen LogP contribution in [0.1, 0.15) is 19.4 Å². The Bertz CT molecular complexity index is 1270. The largest absolute Gasteiger partial charge is 0.434 e. The molecule has 0 bridgehead atoms. The molecular formula is C24H21F4N5O3. The number of amides is 2. The second kappa shape index (κ2) is 10.9. The SMILES string of the molecule is CC(=N)C(C(=O)Nc1cccc(C(C)(F)F)c1)C(=O)Nc1ccc(OC(F)F)c(-c2cncnc2)c1. The summed E-state index contributed by atoms with van der Waals surface area (Å²) in [7, 11) is 0. The highest BCUT2D eigenvalue weighted by Gasteiger charge is 2.30. The number of carbonyl (C=O) groups excluding carboxylic acids is 2. The quantitative estimate of drug-likeness (QED) is 0.214. The van der Waals surface area contributed by atoms with E-state index in [1.54, 1.807) is 0 Å². The first-order valence-corrected chi connectivity index (χ1v) is 10.4. The zero-order chi connectivity index (χ0) is 26.5. The van der Waals surface area contributed by atoms with Crippen molar-refractivity contribution in [1.29, 1.82) is 5.41 Å². The number of rotatable bonds is 9. The summed E-state index contributed by atoms with van der Waals surface area (Å²) in [4.78, 5) is 33.4. The first kappa shape index (κ1) is 26.3. The van der Waals surface area contributed by atoms with Gasteiger partial charge in [0.05, 0.1) is 0 Å². The van der Waals surface area contributed by atoms with Gasteiger partial charge in [0.1, 0.15) is 12.1 Å². The first-order chi connectivity index (χ1) is 17.0. The lowest BCUT2D eigenvalue weighted by atomic mass is 10.0. The number of nitrogens with one attached hydrogen (secondary N) is 3. The van der Waals surface area contributed by atoms with Crippen molar-refractivity contribution in [2.24, 2.45) is 5.92 Å². The zero-order valence-corrected chi connectivity index (χ0v) is 19.1. The Hall–Kier alpha value is -4.35. The first-order valence-electron chi connectivity index (χ1n) is 10.4. The van der Waals surface area contributed by atoms with Crippen molar-refractivity contribution in [3.8, 4) is 16.9 Å². The van der Waals surface area contributed by atoms with Crippen LogP contribution in [0.2, 0.25) is 0 Å². The molecule has 3 N–H and O–H groups in total. The number of alkyl halides is 4. The molecule has 12 heteroatoms. The Labute approximate surface area is 203 Å². The number of anilines is 2. The van der Waals surface area contributed by atoms with Crippen LogP contribution in [0.5, 0.6) is 5.75 Å². The van der Waals surface area contributed by atoms with Crippen LogP contribution in [0.3, 0.4) is 0 Å². The van der Waals surface area contributed by atoms with Gasteiger partial charge in [-0.05, 0) is 37.3 Å². The third kappa shape index (κ3) is 6.62. The van der Waals surface area contributed by atoms with Gasteiger partial charge in [0.25, 0.3) is 5.92 Å². The van der Waals surface area contributed by atoms with Gasteiger partial charge in [-0.25, -0.2) is 18.7 Å². The van der Waals surface area contributed by atoms with Gasteiger partial charge in [-0.15, -0.1) is 0 Å². The number of ether oxygens (including phenoxy) is 1. The van der Waals surface area contributed by atoms with Crippen LogP contribution in [0.15, 0.2) is 61.2 Å². The molecule has 36 heavy (non-hydrogen) atoms. The van der Waals surface area contributed by atoms with Crippen LogP contribution < -0.4 is 15.4 Å². The normalized spacial score (nSPS) is 12.1. The van der Waals surface area contributed by atoms with Gasteiger partial charge >= 0.3 is 6.61 Å². The van der Waals surface area contributed by atoms with Crippen LogP contribution in [0.4, 0.5) is 28.9 Å². The van der Waals surface area contributed by atoms with Crippen LogP contribution >= 0.6 is 0 Å². The van der Waals surface area contributed by atoms with Gasteiger partial charge in [0, 0.05) is 53.1 Å². The minimum absolute atomic E-state index is 0.0259. The van der Waals surface area contributed by atoms with Crippen molar-refractivity contribution in [3.05, 3.63) is 66.7 Å². The number of halogens is 4. The number of benzene rings is 2. The molecule has 0 fully saturated rings. The molecule has 188 valence electrons. The highest BCUT2D eigenvalue weighted by atomic mass is 19.3.